The molecule has 12 nitrogen and oxygen atoms in total. The number of fused-ring (bicyclic) bond motifs is 1. The van der Waals surface area contributed by atoms with Crippen molar-refractivity contribution in [3.8, 4) is 0 Å². The summed E-state index contributed by atoms with van der Waals surface area (Å²) in [5, 5.41) is 14.7. The van der Waals surface area contributed by atoms with Crippen LogP contribution in [-0.4, -0.2) is 64.2 Å². The molecule has 0 bridgehead atoms. The molecule has 0 unspecified atom stereocenters. The summed E-state index contributed by atoms with van der Waals surface area (Å²) in [7, 11) is 0. The molecule has 4 aromatic rings. The largest absolute Gasteiger partial charge is 0.361 e. The van der Waals surface area contributed by atoms with Crippen molar-refractivity contribution < 1.29 is 32.9 Å². The van der Waals surface area contributed by atoms with Crippen LogP contribution in [0.4, 0.5) is 4.39 Å². The van der Waals surface area contributed by atoms with Crippen LogP contribution in [0.5, 0.6) is 0 Å². The van der Waals surface area contributed by atoms with Crippen molar-refractivity contribution >= 4 is 51.0 Å². The molecule has 46 heavy (non-hydrogen) atoms. The Morgan fingerprint density at radius 2 is 1.74 bits per heavy atom. The summed E-state index contributed by atoms with van der Waals surface area (Å²) in [5.74, 6) is -3.19. The predicted molar refractivity (Wildman–Crippen MR) is 166 cm³/mol. The average Bonchev–Trinajstić information content (AvgIpc) is 3.79. The molecule has 0 radical (unpaired) electrons. The number of benzene rings is 2. The Kier molecular flexibility index (Phi) is 10.2. The van der Waals surface area contributed by atoms with Crippen LogP contribution < -0.4 is 21.3 Å². The third-order valence-electron chi connectivity index (χ3n) is 7.70. The van der Waals surface area contributed by atoms with E-state index in [0.29, 0.717) is 29.8 Å². The fraction of sp³-hybridized carbons (Fsp3) is 0.344. The molecule has 1 saturated heterocycles. The van der Waals surface area contributed by atoms with Crippen molar-refractivity contribution in [2.24, 2.45) is 5.92 Å². The maximum absolute atomic E-state index is 13.9. The highest BCUT2D eigenvalue weighted by Crippen LogP contribution is 2.25. The topological polar surface area (TPSA) is 172 Å². The quantitative estimate of drug-likeness (QED) is 0.160. The number of hydrogen-bond acceptors (Lipinski definition) is 9. The second kappa shape index (κ2) is 14.4. The van der Waals surface area contributed by atoms with Crippen molar-refractivity contribution in [3.05, 3.63) is 82.4 Å². The molecular weight excluding hydrogens is 615 g/mol. The summed E-state index contributed by atoms with van der Waals surface area (Å²) in [4.78, 5) is 70.7. The molecule has 1 aliphatic rings. The van der Waals surface area contributed by atoms with Gasteiger partial charge in [-0.25, -0.2) is 9.37 Å². The SMILES string of the molecule is CC[C@H](NC(=O)c1cc(C)on1)C(=O)N[C@@H](Cc1ccc(F)cc1)C(=O)N[C@@H](C[C@@H]1CCNC1=O)C(=O)c1nc2ccccc2s1. The van der Waals surface area contributed by atoms with Crippen LogP contribution in [0.1, 0.15) is 57.8 Å². The van der Waals surface area contributed by atoms with Gasteiger partial charge in [0.05, 0.1) is 16.3 Å². The first-order chi connectivity index (χ1) is 22.1. The Morgan fingerprint density at radius 3 is 2.39 bits per heavy atom. The van der Waals surface area contributed by atoms with E-state index in [0.717, 1.165) is 4.70 Å². The van der Waals surface area contributed by atoms with E-state index in [9.17, 15) is 28.4 Å². The van der Waals surface area contributed by atoms with Crippen molar-refractivity contribution in [2.45, 2.75) is 57.7 Å². The highest BCUT2D eigenvalue weighted by atomic mass is 32.1. The molecule has 240 valence electrons. The molecule has 14 heteroatoms. The van der Waals surface area contributed by atoms with Gasteiger partial charge >= 0.3 is 0 Å². The molecule has 3 heterocycles. The summed E-state index contributed by atoms with van der Waals surface area (Å²) >= 11 is 1.18. The first-order valence-electron chi connectivity index (χ1n) is 14.9. The molecule has 0 saturated carbocycles. The number of nitrogens with one attached hydrogen (secondary N) is 4. The molecule has 2 aromatic heterocycles. The molecule has 4 amide bonds. The lowest BCUT2D eigenvalue weighted by Crippen LogP contribution is -2.56. The van der Waals surface area contributed by atoms with Crippen LogP contribution in [0.25, 0.3) is 10.2 Å². The van der Waals surface area contributed by atoms with E-state index < -0.39 is 53.4 Å². The van der Waals surface area contributed by atoms with Gasteiger partial charge in [-0.15, -0.1) is 11.3 Å². The molecule has 1 aliphatic heterocycles. The number of aromatic nitrogens is 2. The second-order valence-electron chi connectivity index (χ2n) is 11.1. The first kappa shape index (κ1) is 32.4. The molecular formula is C32H33FN6O6S. The van der Waals surface area contributed by atoms with E-state index in [4.69, 9.17) is 4.52 Å². The van der Waals surface area contributed by atoms with Gasteiger partial charge in [0, 0.05) is 24.9 Å². The van der Waals surface area contributed by atoms with E-state index in [-0.39, 0.29) is 35.9 Å². The molecule has 0 spiro atoms. The summed E-state index contributed by atoms with van der Waals surface area (Å²) in [6.07, 6.45) is 0.677. The lowest BCUT2D eigenvalue weighted by Gasteiger charge is -2.25. The number of para-hydroxylation sites is 1. The van der Waals surface area contributed by atoms with E-state index in [2.05, 4.69) is 31.4 Å². The monoisotopic (exact) mass is 648 g/mol. The van der Waals surface area contributed by atoms with Crippen molar-refractivity contribution in [1.82, 2.24) is 31.4 Å². The van der Waals surface area contributed by atoms with Gasteiger partial charge in [-0.2, -0.15) is 0 Å². The number of carbonyl (C=O) groups is 5. The number of ketones is 1. The molecule has 4 atom stereocenters. The van der Waals surface area contributed by atoms with Crippen LogP contribution in [0.3, 0.4) is 0 Å². The second-order valence-corrected chi connectivity index (χ2v) is 12.1. The van der Waals surface area contributed by atoms with Gasteiger partial charge < -0.3 is 25.8 Å². The lowest BCUT2D eigenvalue weighted by atomic mass is 9.95. The fourth-order valence-corrected chi connectivity index (χ4v) is 6.14. The Labute approximate surface area is 267 Å². The van der Waals surface area contributed by atoms with Gasteiger partial charge in [-0.3, -0.25) is 24.0 Å². The number of aryl methyl sites for hydroxylation is 1. The van der Waals surface area contributed by atoms with Crippen LogP contribution >= 0.6 is 11.3 Å². The molecule has 1 fully saturated rings. The number of carbonyl (C=O) groups excluding carboxylic acids is 5. The van der Waals surface area contributed by atoms with Crippen LogP contribution in [0.2, 0.25) is 0 Å². The average molecular weight is 649 g/mol. The number of hydrogen-bond donors (Lipinski definition) is 4. The minimum atomic E-state index is -1.22. The van der Waals surface area contributed by atoms with Crippen molar-refractivity contribution in [1.29, 1.82) is 0 Å². The minimum absolute atomic E-state index is 0.00323. The van der Waals surface area contributed by atoms with Crippen molar-refractivity contribution in [2.75, 3.05) is 6.54 Å². The normalized spacial score (nSPS) is 16.3. The standard InChI is InChI=1S/C32H33FN6O6S/c1-3-21(35-31(44)25-14-17(2)45-39-25)29(42)37-24(15-18-8-10-20(33)11-9-18)30(43)36-23(16-19-12-13-34-28(19)41)27(40)32-38-22-6-4-5-7-26(22)46-32/h4-11,14,19,21,23-24H,3,12-13,15-16H2,1-2H3,(H,34,41)(H,35,44)(H,36,43)(H,37,42)/t19-,21-,23-,24-/m0/s1. The van der Waals surface area contributed by atoms with Gasteiger partial charge in [-0.1, -0.05) is 36.3 Å². The summed E-state index contributed by atoms with van der Waals surface area (Å²) in [6.45, 7) is 3.77. The van der Waals surface area contributed by atoms with E-state index in [1.165, 1.54) is 41.7 Å². The molecule has 4 N–H and O–H groups in total. The zero-order valence-corrected chi connectivity index (χ0v) is 26.0. The third kappa shape index (κ3) is 7.80. The Bertz CT molecular complexity index is 1720. The zero-order valence-electron chi connectivity index (χ0n) is 25.2. The smallest absolute Gasteiger partial charge is 0.274 e. The maximum atomic E-state index is 13.9. The minimum Gasteiger partial charge on any atom is -0.361 e. The van der Waals surface area contributed by atoms with E-state index in [1.807, 2.05) is 12.1 Å². The lowest BCUT2D eigenvalue weighted by molar-refractivity contribution is -0.130. The summed E-state index contributed by atoms with van der Waals surface area (Å²) in [6, 6.07) is 10.8. The van der Waals surface area contributed by atoms with Gasteiger partial charge in [0.25, 0.3) is 5.91 Å². The molecule has 2 aromatic carbocycles. The molecule has 0 aliphatic carbocycles. The number of Topliss-reactive ketones (excluding diaryl/α,β-unsaturated/α-hetero) is 1. The van der Waals surface area contributed by atoms with Crippen LogP contribution in [-0.2, 0) is 20.8 Å². The van der Waals surface area contributed by atoms with Gasteiger partial charge in [0.15, 0.2) is 10.7 Å². The Morgan fingerprint density at radius 1 is 1.02 bits per heavy atom. The van der Waals surface area contributed by atoms with Crippen LogP contribution in [0.15, 0.2) is 59.1 Å². The Balaban J connectivity index is 1.38. The summed E-state index contributed by atoms with van der Waals surface area (Å²) < 4.78 is 19.4. The highest BCUT2D eigenvalue weighted by Gasteiger charge is 2.35. The van der Waals surface area contributed by atoms with Gasteiger partial charge in [0.2, 0.25) is 23.5 Å². The number of nitrogens with zero attached hydrogens (tertiary/aromatic N) is 2. The highest BCUT2D eigenvalue weighted by molar-refractivity contribution is 7.20. The van der Waals surface area contributed by atoms with Gasteiger partial charge in [0.1, 0.15) is 23.7 Å². The number of halogens is 1. The Hall–Kier alpha value is -4.98. The first-order valence-corrected chi connectivity index (χ1v) is 15.7. The van der Waals surface area contributed by atoms with Gasteiger partial charge in [-0.05, 0) is 56.0 Å². The summed E-state index contributed by atoms with van der Waals surface area (Å²) in [5.41, 5.74) is 1.17. The van der Waals surface area contributed by atoms with Crippen molar-refractivity contribution in [3.63, 3.8) is 0 Å². The van der Waals surface area contributed by atoms with Crippen LogP contribution in [0, 0.1) is 18.7 Å². The predicted octanol–water partition coefficient (Wildman–Crippen LogP) is 2.86. The van der Waals surface area contributed by atoms with E-state index in [1.54, 1.807) is 26.0 Å². The molecule has 5 rings (SSSR count). The zero-order chi connectivity index (χ0) is 32.8. The number of rotatable bonds is 13. The maximum Gasteiger partial charge on any atom is 0.274 e. The number of thiazole rings is 1. The fourth-order valence-electron chi connectivity index (χ4n) is 5.18. The van der Waals surface area contributed by atoms with E-state index >= 15 is 0 Å². The number of amides is 4. The third-order valence-corrected chi connectivity index (χ3v) is 8.75.